The fraction of sp³-hybridized carbons (Fsp3) is 0.167. The maximum absolute atomic E-state index is 10.4. The van der Waals surface area contributed by atoms with E-state index in [9.17, 15) is 4.79 Å². The molecule has 1 heterocycles. The Morgan fingerprint density at radius 3 is 2.67 bits per heavy atom. The van der Waals surface area contributed by atoms with Gasteiger partial charge in [0.1, 0.15) is 0 Å². The predicted octanol–water partition coefficient (Wildman–Crippen LogP) is 2.77. The number of oxazole rings is 1. The molecule has 1 aromatic carbocycles. The first-order valence-corrected chi connectivity index (χ1v) is 4.69. The predicted molar refractivity (Wildman–Crippen MR) is 56.8 cm³/mol. The molecule has 1 aromatic heterocycles. The minimum absolute atomic E-state index is 0.253. The molecule has 76 valence electrons. The van der Waals surface area contributed by atoms with Gasteiger partial charge in [-0.25, -0.2) is 4.98 Å². The molecule has 0 radical (unpaired) electrons. The summed E-state index contributed by atoms with van der Waals surface area (Å²) in [5.41, 5.74) is 3.30. The summed E-state index contributed by atoms with van der Waals surface area (Å²) in [6.45, 7) is 4.08. The summed E-state index contributed by atoms with van der Waals surface area (Å²) in [4.78, 5) is 14.5. The van der Waals surface area contributed by atoms with E-state index >= 15 is 0 Å². The van der Waals surface area contributed by atoms with E-state index in [-0.39, 0.29) is 5.76 Å². The van der Waals surface area contributed by atoms with Crippen molar-refractivity contribution < 1.29 is 9.21 Å². The van der Waals surface area contributed by atoms with Crippen LogP contribution in [0.25, 0.3) is 11.5 Å². The van der Waals surface area contributed by atoms with E-state index in [1.165, 1.54) is 17.3 Å². The fourth-order valence-electron chi connectivity index (χ4n) is 1.35. The smallest absolute Gasteiger partial charge is 0.226 e. The number of aromatic nitrogens is 1. The third-order valence-electron chi connectivity index (χ3n) is 2.39. The normalized spacial score (nSPS) is 10.3. The zero-order valence-corrected chi connectivity index (χ0v) is 8.65. The van der Waals surface area contributed by atoms with Crippen LogP contribution in [0.15, 0.2) is 28.8 Å². The van der Waals surface area contributed by atoms with Crippen LogP contribution in [-0.4, -0.2) is 11.3 Å². The average Bonchev–Trinajstić information content (AvgIpc) is 2.70. The zero-order valence-electron chi connectivity index (χ0n) is 8.65. The van der Waals surface area contributed by atoms with Crippen LogP contribution < -0.4 is 0 Å². The number of hydrogen-bond donors (Lipinski definition) is 0. The largest absolute Gasteiger partial charge is 0.433 e. The molecular formula is C12H11NO2. The molecule has 2 aromatic rings. The van der Waals surface area contributed by atoms with Gasteiger partial charge in [0.15, 0.2) is 12.0 Å². The summed E-state index contributed by atoms with van der Waals surface area (Å²) >= 11 is 0. The number of rotatable bonds is 2. The first-order valence-electron chi connectivity index (χ1n) is 4.69. The van der Waals surface area contributed by atoms with E-state index in [1.807, 2.05) is 32.0 Å². The van der Waals surface area contributed by atoms with Gasteiger partial charge >= 0.3 is 0 Å². The number of aldehydes is 1. The lowest BCUT2D eigenvalue weighted by atomic mass is 10.1. The van der Waals surface area contributed by atoms with Crippen LogP contribution in [0.3, 0.4) is 0 Å². The summed E-state index contributed by atoms with van der Waals surface area (Å²) in [6.07, 6.45) is 2.08. The highest BCUT2D eigenvalue weighted by molar-refractivity contribution is 5.71. The van der Waals surface area contributed by atoms with Crippen molar-refractivity contribution in [3.8, 4) is 11.5 Å². The summed E-state index contributed by atoms with van der Waals surface area (Å²) in [6, 6.07) is 5.94. The third kappa shape index (κ3) is 1.81. The topological polar surface area (TPSA) is 43.1 Å². The van der Waals surface area contributed by atoms with Crippen LogP contribution in [-0.2, 0) is 0 Å². The highest BCUT2D eigenvalue weighted by atomic mass is 16.4. The Hall–Kier alpha value is -1.90. The molecule has 0 saturated carbocycles. The van der Waals surface area contributed by atoms with Gasteiger partial charge < -0.3 is 4.42 Å². The highest BCUT2D eigenvalue weighted by Gasteiger charge is 2.06. The van der Waals surface area contributed by atoms with Crippen molar-refractivity contribution in [1.29, 1.82) is 0 Å². The summed E-state index contributed by atoms with van der Waals surface area (Å²) < 4.78 is 5.23. The Labute approximate surface area is 87.8 Å². The van der Waals surface area contributed by atoms with Gasteiger partial charge in [0, 0.05) is 5.56 Å². The molecule has 0 amide bonds. The number of hydrogen-bond acceptors (Lipinski definition) is 3. The molecule has 0 saturated heterocycles. The third-order valence-corrected chi connectivity index (χ3v) is 2.39. The molecule has 0 bridgehead atoms. The second-order valence-corrected chi connectivity index (χ2v) is 3.48. The lowest BCUT2D eigenvalue weighted by Crippen LogP contribution is -1.83. The Kier molecular flexibility index (Phi) is 2.37. The monoisotopic (exact) mass is 201 g/mol. The van der Waals surface area contributed by atoms with E-state index in [0.717, 1.165) is 5.56 Å². The van der Waals surface area contributed by atoms with Gasteiger partial charge in [0.25, 0.3) is 0 Å². The van der Waals surface area contributed by atoms with E-state index < -0.39 is 0 Å². The van der Waals surface area contributed by atoms with Gasteiger partial charge in [-0.2, -0.15) is 0 Å². The Morgan fingerprint density at radius 2 is 2.07 bits per heavy atom. The molecule has 0 fully saturated rings. The van der Waals surface area contributed by atoms with Crippen LogP contribution in [0.5, 0.6) is 0 Å². The molecule has 2 rings (SSSR count). The second-order valence-electron chi connectivity index (χ2n) is 3.48. The molecule has 15 heavy (non-hydrogen) atoms. The quantitative estimate of drug-likeness (QED) is 0.701. The van der Waals surface area contributed by atoms with E-state index in [4.69, 9.17) is 4.42 Å². The molecule has 0 aliphatic heterocycles. The van der Waals surface area contributed by atoms with Crippen molar-refractivity contribution in [1.82, 2.24) is 4.98 Å². The first-order chi connectivity index (χ1) is 7.20. The first kappa shape index (κ1) is 9.65. The van der Waals surface area contributed by atoms with Crippen molar-refractivity contribution in [3.63, 3.8) is 0 Å². The number of nitrogens with zero attached hydrogens (tertiary/aromatic N) is 1. The SMILES string of the molecule is Cc1ccc(-c2ncc(C=O)o2)cc1C. The van der Waals surface area contributed by atoms with Gasteiger partial charge in [-0.3, -0.25) is 4.79 Å². The molecule has 0 spiro atoms. The van der Waals surface area contributed by atoms with Crippen LogP contribution >= 0.6 is 0 Å². The molecule has 0 aliphatic rings. The van der Waals surface area contributed by atoms with Crippen molar-refractivity contribution in [2.45, 2.75) is 13.8 Å². The van der Waals surface area contributed by atoms with Gasteiger partial charge in [0.05, 0.1) is 6.20 Å². The maximum atomic E-state index is 10.4. The molecule has 0 unspecified atom stereocenters. The van der Waals surface area contributed by atoms with Crippen molar-refractivity contribution in [2.24, 2.45) is 0 Å². The van der Waals surface area contributed by atoms with E-state index in [0.29, 0.717) is 12.2 Å². The van der Waals surface area contributed by atoms with Gasteiger partial charge in [0.2, 0.25) is 5.89 Å². The standard InChI is InChI=1S/C12H11NO2/c1-8-3-4-10(5-9(8)2)12-13-6-11(7-14)15-12/h3-7H,1-2H3. The van der Waals surface area contributed by atoms with Crippen molar-refractivity contribution in [3.05, 3.63) is 41.3 Å². The Balaban J connectivity index is 2.44. The lowest BCUT2D eigenvalue weighted by molar-refractivity contribution is 0.110. The minimum atomic E-state index is 0.253. The second kappa shape index (κ2) is 3.69. The van der Waals surface area contributed by atoms with Gasteiger partial charge in [-0.1, -0.05) is 6.07 Å². The number of carbonyl (C=O) groups excluding carboxylic acids is 1. The van der Waals surface area contributed by atoms with Gasteiger partial charge in [-0.15, -0.1) is 0 Å². The number of benzene rings is 1. The van der Waals surface area contributed by atoms with Crippen LogP contribution in [0.2, 0.25) is 0 Å². The van der Waals surface area contributed by atoms with E-state index in [2.05, 4.69) is 4.98 Å². The summed E-state index contributed by atoms with van der Waals surface area (Å²) in [5, 5.41) is 0. The van der Waals surface area contributed by atoms with Crippen molar-refractivity contribution >= 4 is 6.29 Å². The highest BCUT2D eigenvalue weighted by Crippen LogP contribution is 2.21. The maximum Gasteiger partial charge on any atom is 0.226 e. The van der Waals surface area contributed by atoms with Gasteiger partial charge in [-0.05, 0) is 37.1 Å². The summed E-state index contributed by atoms with van der Waals surface area (Å²) in [7, 11) is 0. The van der Waals surface area contributed by atoms with E-state index in [1.54, 1.807) is 0 Å². The molecule has 0 N–H and O–H groups in total. The fourth-order valence-corrected chi connectivity index (χ4v) is 1.35. The zero-order chi connectivity index (χ0) is 10.8. The Bertz CT molecular complexity index is 500. The molecule has 3 nitrogen and oxygen atoms in total. The molecular weight excluding hydrogens is 190 g/mol. The molecule has 3 heteroatoms. The average molecular weight is 201 g/mol. The van der Waals surface area contributed by atoms with Crippen LogP contribution in [0.1, 0.15) is 21.7 Å². The molecule has 0 aliphatic carbocycles. The Morgan fingerprint density at radius 1 is 1.27 bits per heavy atom. The van der Waals surface area contributed by atoms with Crippen LogP contribution in [0, 0.1) is 13.8 Å². The van der Waals surface area contributed by atoms with Crippen molar-refractivity contribution in [2.75, 3.05) is 0 Å². The molecule has 0 atom stereocenters. The number of aryl methyl sites for hydroxylation is 2. The number of carbonyl (C=O) groups is 1. The summed E-state index contributed by atoms with van der Waals surface area (Å²) in [5.74, 6) is 0.739. The minimum Gasteiger partial charge on any atom is -0.433 e. The van der Waals surface area contributed by atoms with Crippen LogP contribution in [0.4, 0.5) is 0 Å². The lowest BCUT2D eigenvalue weighted by Gasteiger charge is -2.01.